The molecule has 5 aromatic rings. The molecule has 3 unspecified atom stereocenters. The molecule has 2 bridgehead atoms. The summed E-state index contributed by atoms with van der Waals surface area (Å²) in [6.07, 6.45) is 8.38. The predicted octanol–water partition coefficient (Wildman–Crippen LogP) is 7.34. The fourth-order valence-corrected chi connectivity index (χ4v) is 8.49. The largest absolute Gasteiger partial charge is 0.486 e. The molecule has 0 amide bonds. The maximum absolute atomic E-state index is 15.8. The molecule has 57 heavy (non-hydrogen) atoms. The first kappa shape index (κ1) is 37.4. The van der Waals surface area contributed by atoms with E-state index in [0.717, 1.165) is 95.5 Å². The van der Waals surface area contributed by atoms with Gasteiger partial charge >= 0.3 is 6.01 Å². The van der Waals surface area contributed by atoms with Crippen molar-refractivity contribution in [3.63, 3.8) is 0 Å². The monoisotopic (exact) mass is 773 g/mol. The molecular formula is C44H52FN9O3. The number of rotatable bonds is 13. The molecule has 0 spiro atoms. The Labute approximate surface area is 333 Å². The van der Waals surface area contributed by atoms with Gasteiger partial charge in [-0.2, -0.15) is 15.1 Å². The highest BCUT2D eigenvalue weighted by Gasteiger charge is 2.40. The Balaban J connectivity index is 1.20. The molecule has 12 nitrogen and oxygen atoms in total. The van der Waals surface area contributed by atoms with Crippen LogP contribution in [0.3, 0.4) is 0 Å². The van der Waals surface area contributed by atoms with Gasteiger partial charge in [-0.3, -0.25) is 0 Å². The summed E-state index contributed by atoms with van der Waals surface area (Å²) >= 11 is 0. The lowest BCUT2D eigenvalue weighted by Crippen LogP contribution is -2.44. The van der Waals surface area contributed by atoms with E-state index in [2.05, 4.69) is 82.2 Å². The number of benzene rings is 3. The van der Waals surface area contributed by atoms with Crippen LogP contribution in [-0.2, 0) is 11.3 Å². The van der Waals surface area contributed by atoms with Crippen LogP contribution in [0.15, 0.2) is 53.8 Å². The molecule has 3 atom stereocenters. The molecule has 298 valence electrons. The van der Waals surface area contributed by atoms with Gasteiger partial charge in [0.2, 0.25) is 0 Å². The molecule has 3 saturated heterocycles. The second kappa shape index (κ2) is 15.7. The van der Waals surface area contributed by atoms with Crippen molar-refractivity contribution < 1.29 is 18.6 Å². The molecule has 3 aliphatic heterocycles. The van der Waals surface area contributed by atoms with Crippen molar-refractivity contribution in [2.75, 3.05) is 38.3 Å². The Bertz CT molecular complexity index is 2280. The summed E-state index contributed by atoms with van der Waals surface area (Å²) in [5.41, 5.74) is 10.3. The Morgan fingerprint density at radius 1 is 1.05 bits per heavy atom. The van der Waals surface area contributed by atoms with Crippen LogP contribution in [0.4, 0.5) is 10.2 Å². The topological polar surface area (TPSA) is 124 Å². The maximum Gasteiger partial charge on any atom is 0.319 e. The van der Waals surface area contributed by atoms with Gasteiger partial charge in [0, 0.05) is 72.7 Å². The van der Waals surface area contributed by atoms with Gasteiger partial charge in [-0.15, -0.1) is 5.10 Å². The number of nitrogens with one attached hydrogen (secondary N) is 2. The average Bonchev–Trinajstić information content (AvgIpc) is 3.57. The van der Waals surface area contributed by atoms with Crippen molar-refractivity contribution in [2.45, 2.75) is 96.6 Å². The van der Waals surface area contributed by atoms with E-state index in [9.17, 15) is 0 Å². The van der Waals surface area contributed by atoms with E-state index in [-0.39, 0.29) is 30.5 Å². The third kappa shape index (κ3) is 7.43. The molecular weight excluding hydrogens is 722 g/mol. The summed E-state index contributed by atoms with van der Waals surface area (Å²) < 4.78 is 37.0. The van der Waals surface area contributed by atoms with Gasteiger partial charge in [0.15, 0.2) is 5.75 Å². The van der Waals surface area contributed by atoms with E-state index < -0.39 is 0 Å². The molecule has 2 aromatic heterocycles. The van der Waals surface area contributed by atoms with Gasteiger partial charge in [0.05, 0.1) is 31.7 Å². The summed E-state index contributed by atoms with van der Waals surface area (Å²) in [5, 5.41) is 17.8. The first-order valence-electron chi connectivity index (χ1n) is 20.5. The van der Waals surface area contributed by atoms with Gasteiger partial charge in [-0.25, -0.2) is 9.07 Å². The highest BCUT2D eigenvalue weighted by Crippen LogP contribution is 2.53. The van der Waals surface area contributed by atoms with Gasteiger partial charge in [0.1, 0.15) is 35.6 Å². The molecule has 1 saturated carbocycles. The summed E-state index contributed by atoms with van der Waals surface area (Å²) in [7, 11) is 1.76. The molecule has 2 N–H and O–H groups in total. The van der Waals surface area contributed by atoms with Crippen LogP contribution >= 0.6 is 0 Å². The standard InChI is InChI=1S/C44H52FN9O3/c1-25(2)27(4)54-23-38(51-52-54)30-8-6-28(7-9-30)24-56-42-40(39-26(3)37(45)13-12-31(39)20-48-46-5)35(29-10-11-29)19-36-41(42)49-44(57-34-14-16-55-17-15-34)50-43(36)53-22-32-18-33(53)21-47-32/h6-9,12-13,19-20,23,25,27,29,32-34,46-47H,10-11,14-18,21-22,24H2,1-5H3/b48-20-. The van der Waals surface area contributed by atoms with Crippen LogP contribution in [0.5, 0.6) is 11.8 Å². The Morgan fingerprint density at radius 2 is 1.86 bits per heavy atom. The Kier molecular flexibility index (Phi) is 10.3. The second-order valence-corrected chi connectivity index (χ2v) is 16.4. The number of hydrogen-bond donors (Lipinski definition) is 2. The van der Waals surface area contributed by atoms with E-state index in [0.29, 0.717) is 54.1 Å². The number of aromatic nitrogens is 5. The van der Waals surface area contributed by atoms with Gasteiger partial charge in [-0.05, 0) is 79.8 Å². The van der Waals surface area contributed by atoms with Crippen LogP contribution in [-0.4, -0.2) is 82.7 Å². The minimum Gasteiger partial charge on any atom is -0.486 e. The zero-order valence-corrected chi connectivity index (χ0v) is 33.5. The van der Waals surface area contributed by atoms with E-state index in [1.165, 1.54) is 6.07 Å². The molecule has 1 aliphatic carbocycles. The SMILES string of the molecule is CN/N=C\c1ccc(F)c(C)c1-c1c(C2CC2)cc2c(N3CC4CC3CN4)nc(OC3CCOCC3)nc2c1OCc1ccc(-c2cn(C(C)C(C)C)nn2)cc1. The number of ether oxygens (including phenoxy) is 3. The zero-order chi connectivity index (χ0) is 39.2. The minimum atomic E-state index is -0.290. The molecule has 9 rings (SSSR count). The molecule has 3 aromatic carbocycles. The summed E-state index contributed by atoms with van der Waals surface area (Å²) in [6, 6.07) is 15.1. The summed E-state index contributed by atoms with van der Waals surface area (Å²) in [5.74, 6) is 1.90. The number of halogens is 1. The molecule has 13 heteroatoms. The van der Waals surface area contributed by atoms with Crippen LogP contribution in [0.25, 0.3) is 33.3 Å². The third-order valence-electron chi connectivity index (χ3n) is 12.3. The van der Waals surface area contributed by atoms with Gasteiger partial charge in [0.25, 0.3) is 0 Å². The first-order valence-corrected chi connectivity index (χ1v) is 20.5. The molecule has 4 fully saturated rings. The zero-order valence-electron chi connectivity index (χ0n) is 33.5. The quantitative estimate of drug-likeness (QED) is 0.0929. The molecule has 0 radical (unpaired) electrons. The van der Waals surface area contributed by atoms with Crippen molar-refractivity contribution in [1.82, 2.24) is 35.7 Å². The number of hydrazone groups is 1. The highest BCUT2D eigenvalue weighted by molar-refractivity contribution is 6.04. The summed E-state index contributed by atoms with van der Waals surface area (Å²) in [6.45, 7) is 11.7. The van der Waals surface area contributed by atoms with Crippen LogP contribution in [0, 0.1) is 18.7 Å². The van der Waals surface area contributed by atoms with Crippen LogP contribution in [0.1, 0.15) is 87.1 Å². The number of piperazine rings is 1. The van der Waals surface area contributed by atoms with Crippen molar-refractivity contribution in [1.29, 1.82) is 0 Å². The number of fused-ring (bicyclic) bond motifs is 3. The van der Waals surface area contributed by atoms with Crippen LogP contribution in [0.2, 0.25) is 0 Å². The Morgan fingerprint density at radius 3 is 2.56 bits per heavy atom. The predicted molar refractivity (Wildman–Crippen MR) is 220 cm³/mol. The van der Waals surface area contributed by atoms with Crippen molar-refractivity contribution in [2.24, 2.45) is 11.0 Å². The van der Waals surface area contributed by atoms with Crippen molar-refractivity contribution >= 4 is 22.9 Å². The smallest absolute Gasteiger partial charge is 0.319 e. The number of anilines is 1. The fraction of sp³-hybridized carbons (Fsp3) is 0.477. The Hall–Kier alpha value is -5.14. The fourth-order valence-electron chi connectivity index (χ4n) is 8.49. The minimum absolute atomic E-state index is 0.0566. The maximum atomic E-state index is 15.8. The van der Waals surface area contributed by atoms with E-state index in [4.69, 9.17) is 24.2 Å². The van der Waals surface area contributed by atoms with Gasteiger partial charge < -0.3 is 29.9 Å². The third-order valence-corrected chi connectivity index (χ3v) is 12.3. The highest BCUT2D eigenvalue weighted by atomic mass is 19.1. The normalized spacial score (nSPS) is 20.3. The second-order valence-electron chi connectivity index (χ2n) is 16.4. The lowest BCUT2D eigenvalue weighted by atomic mass is 9.88. The van der Waals surface area contributed by atoms with Crippen molar-refractivity contribution in [3.8, 4) is 34.1 Å². The number of nitrogens with zero attached hydrogens (tertiary/aromatic N) is 7. The molecule has 5 heterocycles. The number of hydrogen-bond acceptors (Lipinski definition) is 11. The molecule has 4 aliphatic rings. The lowest BCUT2D eigenvalue weighted by Gasteiger charge is -2.31. The first-order chi connectivity index (χ1) is 27.7. The lowest BCUT2D eigenvalue weighted by molar-refractivity contribution is 0.0219. The van der Waals surface area contributed by atoms with E-state index in [1.54, 1.807) is 19.3 Å². The van der Waals surface area contributed by atoms with Crippen molar-refractivity contribution in [3.05, 3.63) is 76.7 Å². The summed E-state index contributed by atoms with van der Waals surface area (Å²) in [4.78, 5) is 12.8. The van der Waals surface area contributed by atoms with E-state index >= 15 is 4.39 Å². The average molecular weight is 774 g/mol. The van der Waals surface area contributed by atoms with E-state index in [1.807, 2.05) is 17.8 Å². The van der Waals surface area contributed by atoms with Gasteiger partial charge in [-0.1, -0.05) is 43.3 Å². The van der Waals surface area contributed by atoms with Crippen LogP contribution < -0.4 is 25.1 Å².